The predicted octanol–water partition coefficient (Wildman–Crippen LogP) is 3.41. The molecular weight excluding hydrogens is 234 g/mol. The van der Waals surface area contributed by atoms with Crippen molar-refractivity contribution in [3.8, 4) is 0 Å². The maximum Gasteiger partial charge on any atom is 0.0590 e. The fourth-order valence-electron chi connectivity index (χ4n) is 3.04. The molecular formula is C17H27NO. The second kappa shape index (κ2) is 7.66. The molecule has 0 aromatic heterocycles. The Hall–Kier alpha value is -0.860. The van der Waals surface area contributed by atoms with Gasteiger partial charge in [-0.15, -0.1) is 0 Å². The summed E-state index contributed by atoms with van der Waals surface area (Å²) < 4.78 is 5.74. The molecule has 2 rings (SSSR count). The molecule has 1 N–H and O–H groups in total. The van der Waals surface area contributed by atoms with E-state index in [1.807, 2.05) is 0 Å². The monoisotopic (exact) mass is 261 g/mol. The molecule has 106 valence electrons. The van der Waals surface area contributed by atoms with Crippen LogP contribution < -0.4 is 5.32 Å². The van der Waals surface area contributed by atoms with Gasteiger partial charge in [-0.25, -0.2) is 0 Å². The molecule has 3 unspecified atom stereocenters. The topological polar surface area (TPSA) is 21.3 Å². The largest absolute Gasteiger partial charge is 0.378 e. The standard InChI is InChI=1S/C17H27NO/c1-3-12-18-17(16-11-13-19-14(16)2)10-9-15-7-5-4-6-8-15/h4-8,14,16-18H,3,9-13H2,1-2H3. The molecule has 0 bridgehead atoms. The lowest BCUT2D eigenvalue weighted by Gasteiger charge is -2.27. The van der Waals surface area contributed by atoms with Gasteiger partial charge >= 0.3 is 0 Å². The average molecular weight is 261 g/mol. The van der Waals surface area contributed by atoms with Crippen molar-refractivity contribution >= 4 is 0 Å². The van der Waals surface area contributed by atoms with E-state index < -0.39 is 0 Å². The quantitative estimate of drug-likeness (QED) is 0.812. The van der Waals surface area contributed by atoms with Gasteiger partial charge in [-0.2, -0.15) is 0 Å². The Labute approximate surface area is 117 Å². The lowest BCUT2D eigenvalue weighted by Crippen LogP contribution is -2.40. The summed E-state index contributed by atoms with van der Waals surface area (Å²) in [5, 5.41) is 3.73. The maximum atomic E-state index is 5.74. The Morgan fingerprint density at radius 1 is 1.32 bits per heavy atom. The zero-order valence-electron chi connectivity index (χ0n) is 12.3. The zero-order chi connectivity index (χ0) is 13.5. The van der Waals surface area contributed by atoms with E-state index in [0.717, 1.165) is 19.6 Å². The highest BCUT2D eigenvalue weighted by Gasteiger charge is 2.31. The average Bonchev–Trinajstić information content (AvgIpc) is 2.86. The summed E-state index contributed by atoms with van der Waals surface area (Å²) in [7, 11) is 0. The zero-order valence-corrected chi connectivity index (χ0v) is 12.3. The number of hydrogen-bond acceptors (Lipinski definition) is 2. The summed E-state index contributed by atoms with van der Waals surface area (Å²) in [4.78, 5) is 0. The molecule has 1 aromatic carbocycles. The fraction of sp³-hybridized carbons (Fsp3) is 0.647. The van der Waals surface area contributed by atoms with Crippen LogP contribution in [-0.2, 0) is 11.2 Å². The van der Waals surface area contributed by atoms with Crippen LogP contribution in [0.15, 0.2) is 30.3 Å². The molecule has 1 aromatic rings. The van der Waals surface area contributed by atoms with E-state index in [9.17, 15) is 0 Å². The smallest absolute Gasteiger partial charge is 0.0590 e. The van der Waals surface area contributed by atoms with Crippen molar-refractivity contribution in [1.82, 2.24) is 5.32 Å². The first kappa shape index (κ1) is 14.5. The molecule has 0 radical (unpaired) electrons. The fourth-order valence-corrected chi connectivity index (χ4v) is 3.04. The summed E-state index contributed by atoms with van der Waals surface area (Å²) in [6, 6.07) is 11.4. The van der Waals surface area contributed by atoms with Crippen LogP contribution in [0, 0.1) is 5.92 Å². The molecule has 0 amide bonds. The van der Waals surface area contributed by atoms with Crippen molar-refractivity contribution in [2.45, 2.75) is 51.7 Å². The summed E-state index contributed by atoms with van der Waals surface area (Å²) in [5.74, 6) is 0.676. The van der Waals surface area contributed by atoms with Crippen molar-refractivity contribution in [2.75, 3.05) is 13.2 Å². The molecule has 1 aliphatic heterocycles. The first-order chi connectivity index (χ1) is 9.31. The lowest BCUT2D eigenvalue weighted by atomic mass is 9.89. The number of benzene rings is 1. The Morgan fingerprint density at radius 3 is 2.74 bits per heavy atom. The lowest BCUT2D eigenvalue weighted by molar-refractivity contribution is 0.0943. The van der Waals surface area contributed by atoms with Crippen molar-refractivity contribution in [3.05, 3.63) is 35.9 Å². The van der Waals surface area contributed by atoms with Crippen LogP contribution in [0.5, 0.6) is 0 Å². The third kappa shape index (κ3) is 4.32. The summed E-state index contributed by atoms with van der Waals surface area (Å²) >= 11 is 0. The highest BCUT2D eigenvalue weighted by molar-refractivity contribution is 5.14. The van der Waals surface area contributed by atoms with E-state index in [1.165, 1.54) is 24.8 Å². The van der Waals surface area contributed by atoms with Crippen LogP contribution in [0.25, 0.3) is 0 Å². The number of hydrogen-bond donors (Lipinski definition) is 1. The van der Waals surface area contributed by atoms with Gasteiger partial charge in [0.1, 0.15) is 0 Å². The third-order valence-electron chi connectivity index (χ3n) is 4.20. The van der Waals surface area contributed by atoms with E-state index in [0.29, 0.717) is 18.1 Å². The van der Waals surface area contributed by atoms with Gasteiger partial charge in [0.2, 0.25) is 0 Å². The van der Waals surface area contributed by atoms with Crippen LogP contribution in [0.3, 0.4) is 0 Å². The predicted molar refractivity (Wildman–Crippen MR) is 80.4 cm³/mol. The molecule has 0 saturated carbocycles. The number of ether oxygens (including phenoxy) is 1. The van der Waals surface area contributed by atoms with Crippen LogP contribution in [0.2, 0.25) is 0 Å². The second-order valence-electron chi connectivity index (χ2n) is 5.61. The van der Waals surface area contributed by atoms with Gasteiger partial charge in [0.15, 0.2) is 0 Å². The number of rotatable bonds is 7. The second-order valence-corrected chi connectivity index (χ2v) is 5.61. The summed E-state index contributed by atoms with van der Waals surface area (Å²) in [6.07, 6.45) is 5.18. The van der Waals surface area contributed by atoms with E-state index in [1.54, 1.807) is 0 Å². The van der Waals surface area contributed by atoms with Gasteiger partial charge < -0.3 is 10.1 Å². The molecule has 3 atom stereocenters. The Kier molecular flexibility index (Phi) is 5.87. The van der Waals surface area contributed by atoms with Crippen LogP contribution in [0.4, 0.5) is 0 Å². The minimum absolute atomic E-state index is 0.408. The minimum atomic E-state index is 0.408. The first-order valence-electron chi connectivity index (χ1n) is 7.70. The van der Waals surface area contributed by atoms with E-state index in [4.69, 9.17) is 4.74 Å². The molecule has 2 nitrogen and oxygen atoms in total. The Balaban J connectivity index is 1.90. The molecule has 2 heteroatoms. The van der Waals surface area contributed by atoms with Crippen LogP contribution in [-0.4, -0.2) is 25.3 Å². The highest BCUT2D eigenvalue weighted by Crippen LogP contribution is 2.26. The van der Waals surface area contributed by atoms with E-state index >= 15 is 0 Å². The Bertz CT molecular complexity index is 352. The molecule has 1 aliphatic rings. The van der Waals surface area contributed by atoms with Crippen molar-refractivity contribution < 1.29 is 4.74 Å². The van der Waals surface area contributed by atoms with E-state index in [2.05, 4.69) is 49.5 Å². The van der Waals surface area contributed by atoms with Gasteiger partial charge in [-0.3, -0.25) is 0 Å². The van der Waals surface area contributed by atoms with Gasteiger partial charge in [0, 0.05) is 18.6 Å². The van der Waals surface area contributed by atoms with Crippen LogP contribution in [0.1, 0.15) is 38.7 Å². The first-order valence-corrected chi connectivity index (χ1v) is 7.70. The Morgan fingerprint density at radius 2 is 2.11 bits per heavy atom. The molecule has 1 heterocycles. The summed E-state index contributed by atoms with van der Waals surface area (Å²) in [6.45, 7) is 6.50. The van der Waals surface area contributed by atoms with E-state index in [-0.39, 0.29) is 0 Å². The minimum Gasteiger partial charge on any atom is -0.378 e. The van der Waals surface area contributed by atoms with Crippen LogP contribution >= 0.6 is 0 Å². The SMILES string of the molecule is CCCNC(CCc1ccccc1)C1CCOC1C. The van der Waals surface area contributed by atoms with Crippen molar-refractivity contribution in [2.24, 2.45) is 5.92 Å². The third-order valence-corrected chi connectivity index (χ3v) is 4.20. The van der Waals surface area contributed by atoms with Gasteiger partial charge in [-0.1, -0.05) is 37.3 Å². The molecule has 1 fully saturated rings. The highest BCUT2D eigenvalue weighted by atomic mass is 16.5. The number of nitrogens with one attached hydrogen (secondary N) is 1. The van der Waals surface area contributed by atoms with Crippen molar-refractivity contribution in [1.29, 1.82) is 0 Å². The molecule has 0 aliphatic carbocycles. The number of aryl methyl sites for hydroxylation is 1. The van der Waals surface area contributed by atoms with Gasteiger partial charge in [-0.05, 0) is 44.7 Å². The van der Waals surface area contributed by atoms with Crippen molar-refractivity contribution in [3.63, 3.8) is 0 Å². The molecule has 0 spiro atoms. The maximum absolute atomic E-state index is 5.74. The molecule has 19 heavy (non-hydrogen) atoms. The summed E-state index contributed by atoms with van der Waals surface area (Å²) in [5.41, 5.74) is 1.44. The van der Waals surface area contributed by atoms with Gasteiger partial charge in [0.05, 0.1) is 6.10 Å². The molecule has 1 saturated heterocycles. The van der Waals surface area contributed by atoms with Gasteiger partial charge in [0.25, 0.3) is 0 Å². The normalized spacial score (nSPS) is 24.5.